The third-order valence-electron chi connectivity index (χ3n) is 4.37. The second-order valence-corrected chi connectivity index (χ2v) is 6.18. The lowest BCUT2D eigenvalue weighted by molar-refractivity contribution is 0.275. The van der Waals surface area contributed by atoms with Gasteiger partial charge in [-0.2, -0.15) is 9.61 Å². The van der Waals surface area contributed by atoms with Gasteiger partial charge in [0.1, 0.15) is 19.2 Å². The van der Waals surface area contributed by atoms with E-state index in [1.165, 1.54) is 12.6 Å². The lowest BCUT2D eigenvalue weighted by atomic mass is 10.2. The highest BCUT2D eigenvalue weighted by atomic mass is 16.5. The van der Waals surface area contributed by atoms with E-state index < -0.39 is 0 Å². The normalized spacial score (nSPS) is 11.5. The Morgan fingerprint density at radius 1 is 1.11 bits per heavy atom. The van der Waals surface area contributed by atoms with Gasteiger partial charge in [0.15, 0.2) is 17.2 Å². The van der Waals surface area contributed by atoms with Crippen LogP contribution >= 0.6 is 0 Å². The van der Waals surface area contributed by atoms with Crippen LogP contribution in [0.1, 0.15) is 19.2 Å². The summed E-state index contributed by atoms with van der Waals surface area (Å²) in [6.07, 6.45) is 3.98. The van der Waals surface area contributed by atoms with Crippen LogP contribution in [0.3, 0.4) is 0 Å². The van der Waals surface area contributed by atoms with Gasteiger partial charge in [0.2, 0.25) is 11.7 Å². The Bertz CT molecular complexity index is 1240. The highest BCUT2D eigenvalue weighted by Gasteiger charge is 2.18. The lowest BCUT2D eigenvalue weighted by Crippen LogP contribution is -2.10. The van der Waals surface area contributed by atoms with Crippen molar-refractivity contribution < 1.29 is 9.26 Å². The summed E-state index contributed by atoms with van der Waals surface area (Å²) in [4.78, 5) is 4.29. The Hall–Kier alpha value is -3.82. The van der Waals surface area contributed by atoms with Crippen molar-refractivity contribution in [1.82, 2.24) is 39.7 Å². The molecule has 0 N–H and O–H groups in total. The van der Waals surface area contributed by atoms with Crippen LogP contribution in [-0.4, -0.2) is 39.7 Å². The smallest absolute Gasteiger partial charge is 0.240 e. The van der Waals surface area contributed by atoms with Crippen LogP contribution in [0.2, 0.25) is 0 Å². The number of aromatic nitrogens is 8. The molecule has 10 nitrogen and oxygen atoms in total. The van der Waals surface area contributed by atoms with E-state index in [-0.39, 0.29) is 6.61 Å². The fraction of sp³-hybridized carbons (Fsp3) is 0.222. The number of hydrogen-bond donors (Lipinski definition) is 0. The fourth-order valence-corrected chi connectivity index (χ4v) is 3.08. The molecule has 0 fully saturated rings. The minimum Gasteiger partial charge on any atom is -0.468 e. The van der Waals surface area contributed by atoms with Crippen LogP contribution in [0.25, 0.3) is 27.9 Å². The Balaban J connectivity index is 1.60. The van der Waals surface area contributed by atoms with Gasteiger partial charge in [-0.3, -0.25) is 0 Å². The van der Waals surface area contributed by atoms with Crippen LogP contribution in [0.15, 0.2) is 47.4 Å². The number of ether oxygens (including phenoxy) is 1. The molecular formula is C18H16N8O2. The molecular weight excluding hydrogens is 360 g/mol. The second-order valence-electron chi connectivity index (χ2n) is 6.18. The first-order chi connectivity index (χ1) is 13.8. The third kappa shape index (κ3) is 2.66. The molecule has 5 aromatic rings. The largest absolute Gasteiger partial charge is 0.468 e. The van der Waals surface area contributed by atoms with Crippen molar-refractivity contribution in [3.63, 3.8) is 0 Å². The SMILES string of the molecule is CCCn1ncnc1COc1nn2c(-c3ccon3)nnc2c2ccccc12. The number of hydrogen-bond acceptors (Lipinski definition) is 8. The highest BCUT2D eigenvalue weighted by molar-refractivity contribution is 5.96. The van der Waals surface area contributed by atoms with Gasteiger partial charge in [0, 0.05) is 23.4 Å². The summed E-state index contributed by atoms with van der Waals surface area (Å²) in [5.41, 5.74) is 1.17. The topological polar surface area (TPSA) is 109 Å². The van der Waals surface area contributed by atoms with Gasteiger partial charge in [0.05, 0.1) is 0 Å². The average Bonchev–Trinajstić information content (AvgIpc) is 3.47. The summed E-state index contributed by atoms with van der Waals surface area (Å²) in [5, 5.41) is 23.0. The van der Waals surface area contributed by atoms with Crippen molar-refractivity contribution in [2.24, 2.45) is 0 Å². The number of aryl methyl sites for hydroxylation is 1. The summed E-state index contributed by atoms with van der Waals surface area (Å²) >= 11 is 0. The van der Waals surface area contributed by atoms with Gasteiger partial charge in [-0.1, -0.05) is 30.3 Å². The summed E-state index contributed by atoms with van der Waals surface area (Å²) in [6.45, 7) is 3.13. The maximum Gasteiger partial charge on any atom is 0.240 e. The summed E-state index contributed by atoms with van der Waals surface area (Å²) in [6, 6.07) is 9.48. The Kier molecular flexibility index (Phi) is 3.93. The number of benzene rings is 1. The monoisotopic (exact) mass is 376 g/mol. The van der Waals surface area contributed by atoms with Gasteiger partial charge in [-0.15, -0.1) is 15.3 Å². The molecule has 10 heteroatoms. The average molecular weight is 376 g/mol. The van der Waals surface area contributed by atoms with Crippen LogP contribution in [0.5, 0.6) is 5.88 Å². The molecule has 5 rings (SSSR count). The fourth-order valence-electron chi connectivity index (χ4n) is 3.08. The van der Waals surface area contributed by atoms with Gasteiger partial charge in [-0.25, -0.2) is 9.67 Å². The summed E-state index contributed by atoms with van der Waals surface area (Å²) in [7, 11) is 0. The van der Waals surface area contributed by atoms with Gasteiger partial charge < -0.3 is 9.26 Å². The third-order valence-corrected chi connectivity index (χ3v) is 4.37. The molecule has 4 heterocycles. The zero-order valence-electron chi connectivity index (χ0n) is 15.1. The molecule has 0 saturated heterocycles. The summed E-state index contributed by atoms with van der Waals surface area (Å²) < 4.78 is 14.4. The maximum absolute atomic E-state index is 6.05. The maximum atomic E-state index is 6.05. The van der Waals surface area contributed by atoms with E-state index in [4.69, 9.17) is 9.26 Å². The molecule has 4 aromatic heterocycles. The molecule has 28 heavy (non-hydrogen) atoms. The zero-order valence-corrected chi connectivity index (χ0v) is 15.1. The van der Waals surface area contributed by atoms with Crippen molar-refractivity contribution in [2.75, 3.05) is 0 Å². The molecule has 0 atom stereocenters. The van der Waals surface area contributed by atoms with Crippen molar-refractivity contribution in [2.45, 2.75) is 26.5 Å². The molecule has 1 aromatic carbocycles. The van der Waals surface area contributed by atoms with E-state index >= 15 is 0 Å². The number of rotatable bonds is 6. The van der Waals surface area contributed by atoms with Gasteiger partial charge in [-0.05, 0) is 12.5 Å². The predicted molar refractivity (Wildman–Crippen MR) is 98.4 cm³/mol. The Morgan fingerprint density at radius 3 is 2.82 bits per heavy atom. The first kappa shape index (κ1) is 16.4. The van der Waals surface area contributed by atoms with Crippen LogP contribution in [-0.2, 0) is 13.2 Å². The van der Waals surface area contributed by atoms with Crippen LogP contribution in [0.4, 0.5) is 0 Å². The number of nitrogens with zero attached hydrogens (tertiary/aromatic N) is 8. The van der Waals surface area contributed by atoms with E-state index in [0.29, 0.717) is 23.0 Å². The van der Waals surface area contributed by atoms with E-state index in [1.54, 1.807) is 10.6 Å². The molecule has 140 valence electrons. The molecule has 0 aliphatic rings. The molecule has 0 amide bonds. The van der Waals surface area contributed by atoms with Crippen LogP contribution in [0, 0.1) is 0 Å². The second kappa shape index (κ2) is 6.72. The minimum absolute atomic E-state index is 0.254. The number of fused-ring (bicyclic) bond motifs is 3. The van der Waals surface area contributed by atoms with Crippen molar-refractivity contribution in [3.05, 3.63) is 48.7 Å². The standard InChI is InChI=1S/C18H16N8O2/c1-2-8-25-15(19-11-20-25)10-27-18-13-6-4-3-5-12(13)16-21-22-17(26(16)23-18)14-7-9-28-24-14/h3-7,9,11H,2,8,10H2,1H3. The molecule has 0 unspecified atom stereocenters. The molecule has 0 spiro atoms. The minimum atomic E-state index is 0.254. The lowest BCUT2D eigenvalue weighted by Gasteiger charge is -2.10. The molecule has 0 saturated carbocycles. The first-order valence-corrected chi connectivity index (χ1v) is 8.89. The molecule has 0 aliphatic heterocycles. The molecule has 0 bridgehead atoms. The van der Waals surface area contributed by atoms with Crippen molar-refractivity contribution in [1.29, 1.82) is 0 Å². The zero-order chi connectivity index (χ0) is 18.9. The van der Waals surface area contributed by atoms with Crippen molar-refractivity contribution >= 4 is 16.4 Å². The van der Waals surface area contributed by atoms with Crippen molar-refractivity contribution in [3.8, 4) is 17.4 Å². The first-order valence-electron chi connectivity index (χ1n) is 8.89. The predicted octanol–water partition coefficient (Wildman–Crippen LogP) is 2.51. The van der Waals surface area contributed by atoms with Crippen LogP contribution < -0.4 is 4.74 Å². The summed E-state index contributed by atoms with van der Waals surface area (Å²) in [5.74, 6) is 1.68. The van der Waals surface area contributed by atoms with Gasteiger partial charge >= 0.3 is 0 Å². The Labute approximate surface area is 158 Å². The van der Waals surface area contributed by atoms with Gasteiger partial charge in [0.25, 0.3) is 0 Å². The van der Waals surface area contributed by atoms with E-state index in [1.807, 2.05) is 28.9 Å². The molecule has 0 aliphatic carbocycles. The van der Waals surface area contributed by atoms with E-state index in [9.17, 15) is 0 Å². The molecule has 0 radical (unpaired) electrons. The van der Waals surface area contributed by atoms with E-state index in [2.05, 4.69) is 37.5 Å². The highest BCUT2D eigenvalue weighted by Crippen LogP contribution is 2.28. The van der Waals surface area contributed by atoms with E-state index in [0.717, 1.165) is 29.6 Å². The Morgan fingerprint density at radius 2 is 2.00 bits per heavy atom. The quantitative estimate of drug-likeness (QED) is 0.445.